The van der Waals surface area contributed by atoms with Gasteiger partial charge >= 0.3 is 0 Å². The van der Waals surface area contributed by atoms with Crippen molar-refractivity contribution in [1.82, 2.24) is 4.90 Å². The van der Waals surface area contributed by atoms with Gasteiger partial charge in [-0.25, -0.2) is 4.39 Å². The summed E-state index contributed by atoms with van der Waals surface area (Å²) >= 11 is 5.65. The van der Waals surface area contributed by atoms with E-state index >= 15 is 0 Å². The van der Waals surface area contributed by atoms with Crippen LogP contribution >= 0.6 is 11.6 Å². The quantitative estimate of drug-likeness (QED) is 0.887. The summed E-state index contributed by atoms with van der Waals surface area (Å²) in [5, 5.41) is 2.86. The number of hydrogen-bond donors (Lipinski definition) is 2. The van der Waals surface area contributed by atoms with E-state index < -0.39 is 5.82 Å². The molecule has 1 aliphatic rings. The lowest BCUT2D eigenvalue weighted by molar-refractivity contribution is -0.117. The number of nitrogens with zero attached hydrogens (tertiary/aromatic N) is 1. The lowest BCUT2D eigenvalue weighted by Gasteiger charge is -2.22. The molecule has 1 aliphatic heterocycles. The van der Waals surface area contributed by atoms with Gasteiger partial charge < -0.3 is 11.1 Å². The van der Waals surface area contributed by atoms with Crippen molar-refractivity contribution in [2.75, 3.05) is 25.0 Å². The molecule has 0 saturated carbocycles. The Kier molecular flexibility index (Phi) is 4.74. The number of hydrogen-bond acceptors (Lipinski definition) is 3. The Morgan fingerprint density at radius 1 is 1.58 bits per heavy atom. The first-order valence-corrected chi connectivity index (χ1v) is 6.67. The van der Waals surface area contributed by atoms with Crippen LogP contribution in [0.1, 0.15) is 12.8 Å². The molecule has 2 rings (SSSR count). The minimum absolute atomic E-state index is 0.151. The van der Waals surface area contributed by atoms with Gasteiger partial charge in [0, 0.05) is 17.6 Å². The van der Waals surface area contributed by atoms with Crippen molar-refractivity contribution in [2.45, 2.75) is 18.9 Å². The molecule has 1 heterocycles. The van der Waals surface area contributed by atoms with Gasteiger partial charge in [0.25, 0.3) is 0 Å². The maximum Gasteiger partial charge on any atom is 0.238 e. The summed E-state index contributed by atoms with van der Waals surface area (Å²) in [6.45, 7) is 1.64. The molecule has 1 atom stereocenters. The summed E-state index contributed by atoms with van der Waals surface area (Å²) in [6, 6.07) is 4.43. The summed E-state index contributed by atoms with van der Waals surface area (Å²) in [7, 11) is 0. The zero-order valence-electron chi connectivity index (χ0n) is 10.5. The predicted molar refractivity (Wildman–Crippen MR) is 73.7 cm³/mol. The minimum atomic E-state index is -0.530. The first-order chi connectivity index (χ1) is 9.10. The van der Waals surface area contributed by atoms with E-state index in [1.165, 1.54) is 12.1 Å². The number of carbonyl (C=O) groups excluding carboxylic acids is 1. The molecule has 104 valence electrons. The van der Waals surface area contributed by atoms with Gasteiger partial charge in [0.1, 0.15) is 5.82 Å². The molecule has 0 spiro atoms. The van der Waals surface area contributed by atoms with Crippen LogP contribution in [0.15, 0.2) is 18.2 Å². The Morgan fingerprint density at radius 2 is 2.37 bits per heavy atom. The van der Waals surface area contributed by atoms with E-state index in [0.29, 0.717) is 11.6 Å². The van der Waals surface area contributed by atoms with Crippen molar-refractivity contribution >= 4 is 23.2 Å². The van der Waals surface area contributed by atoms with Crippen molar-refractivity contribution in [2.24, 2.45) is 5.73 Å². The van der Waals surface area contributed by atoms with Crippen LogP contribution in [0.3, 0.4) is 0 Å². The van der Waals surface area contributed by atoms with Crippen LogP contribution < -0.4 is 11.1 Å². The largest absolute Gasteiger partial charge is 0.329 e. The van der Waals surface area contributed by atoms with Crippen LogP contribution in [-0.2, 0) is 4.79 Å². The van der Waals surface area contributed by atoms with Gasteiger partial charge in [-0.1, -0.05) is 11.6 Å². The maximum atomic E-state index is 13.5. The van der Waals surface area contributed by atoms with Gasteiger partial charge in [0.2, 0.25) is 5.91 Å². The third-order valence-electron chi connectivity index (χ3n) is 3.32. The molecule has 1 aromatic carbocycles. The van der Waals surface area contributed by atoms with Crippen molar-refractivity contribution in [3.8, 4) is 0 Å². The van der Waals surface area contributed by atoms with Crippen LogP contribution in [0.2, 0.25) is 5.02 Å². The van der Waals surface area contributed by atoms with Gasteiger partial charge in [-0.2, -0.15) is 0 Å². The lowest BCUT2D eigenvalue weighted by Crippen LogP contribution is -2.40. The summed E-state index contributed by atoms with van der Waals surface area (Å²) in [6.07, 6.45) is 2.06. The highest BCUT2D eigenvalue weighted by Crippen LogP contribution is 2.20. The molecule has 0 bridgehead atoms. The van der Waals surface area contributed by atoms with E-state index in [1.807, 2.05) is 4.90 Å². The zero-order chi connectivity index (χ0) is 13.8. The Morgan fingerprint density at radius 3 is 3.05 bits per heavy atom. The Balaban J connectivity index is 1.94. The van der Waals surface area contributed by atoms with Gasteiger partial charge in [0.05, 0.1) is 12.2 Å². The molecule has 19 heavy (non-hydrogen) atoms. The molecule has 1 unspecified atom stereocenters. The molecule has 0 radical (unpaired) electrons. The standard InChI is InChI=1S/C13H17ClFN3O/c14-9-3-4-12(11(15)6-9)17-13(19)8-18-5-1-2-10(18)7-16/h3-4,6,10H,1-2,5,7-8,16H2,(H,17,19). The third kappa shape index (κ3) is 3.65. The first-order valence-electron chi connectivity index (χ1n) is 6.29. The summed E-state index contributed by atoms with van der Waals surface area (Å²) in [4.78, 5) is 13.9. The number of carbonyl (C=O) groups is 1. The molecule has 1 fully saturated rings. The number of halogens is 2. The Bertz CT molecular complexity index is 469. The zero-order valence-corrected chi connectivity index (χ0v) is 11.3. The van der Waals surface area contributed by atoms with E-state index in [-0.39, 0.29) is 24.2 Å². The fourth-order valence-corrected chi connectivity index (χ4v) is 2.49. The Labute approximate surface area is 116 Å². The average Bonchev–Trinajstić information content (AvgIpc) is 2.80. The molecule has 1 saturated heterocycles. The third-order valence-corrected chi connectivity index (χ3v) is 3.56. The van der Waals surface area contributed by atoms with E-state index in [4.69, 9.17) is 17.3 Å². The maximum absolute atomic E-state index is 13.5. The van der Waals surface area contributed by atoms with Crippen molar-refractivity contribution in [3.05, 3.63) is 29.0 Å². The van der Waals surface area contributed by atoms with Gasteiger partial charge in [-0.3, -0.25) is 9.69 Å². The molecule has 0 aliphatic carbocycles. The summed E-state index contributed by atoms with van der Waals surface area (Å²) in [5.74, 6) is -0.765. The molecular formula is C13H17ClFN3O. The van der Waals surface area contributed by atoms with E-state index in [9.17, 15) is 9.18 Å². The molecule has 6 heteroatoms. The molecule has 1 aromatic rings. The first kappa shape index (κ1) is 14.2. The second-order valence-corrected chi connectivity index (χ2v) is 5.11. The van der Waals surface area contributed by atoms with Crippen LogP contribution in [-0.4, -0.2) is 36.5 Å². The average molecular weight is 286 g/mol. The number of likely N-dealkylation sites (tertiary alicyclic amines) is 1. The molecule has 3 N–H and O–H groups in total. The smallest absolute Gasteiger partial charge is 0.238 e. The fraction of sp³-hybridized carbons (Fsp3) is 0.462. The minimum Gasteiger partial charge on any atom is -0.329 e. The van der Waals surface area contributed by atoms with Crippen LogP contribution in [0.4, 0.5) is 10.1 Å². The van der Waals surface area contributed by atoms with Crippen molar-refractivity contribution in [3.63, 3.8) is 0 Å². The van der Waals surface area contributed by atoms with E-state index in [2.05, 4.69) is 5.32 Å². The van der Waals surface area contributed by atoms with Crippen molar-refractivity contribution in [1.29, 1.82) is 0 Å². The van der Waals surface area contributed by atoms with Crippen LogP contribution in [0, 0.1) is 5.82 Å². The lowest BCUT2D eigenvalue weighted by atomic mass is 10.2. The molecular weight excluding hydrogens is 269 g/mol. The number of amides is 1. The molecule has 4 nitrogen and oxygen atoms in total. The highest BCUT2D eigenvalue weighted by atomic mass is 35.5. The number of rotatable bonds is 4. The number of nitrogens with one attached hydrogen (secondary N) is 1. The summed E-state index contributed by atoms with van der Waals surface area (Å²) in [5.41, 5.74) is 5.80. The summed E-state index contributed by atoms with van der Waals surface area (Å²) < 4.78 is 13.5. The van der Waals surface area contributed by atoms with E-state index in [1.54, 1.807) is 6.07 Å². The van der Waals surface area contributed by atoms with Crippen LogP contribution in [0.5, 0.6) is 0 Å². The Hall–Kier alpha value is -1.17. The second kappa shape index (κ2) is 6.32. The van der Waals surface area contributed by atoms with Gasteiger partial charge in [0.15, 0.2) is 0 Å². The number of benzene rings is 1. The number of anilines is 1. The normalized spacial score (nSPS) is 19.6. The monoisotopic (exact) mass is 285 g/mol. The molecule has 0 aromatic heterocycles. The fourth-order valence-electron chi connectivity index (χ4n) is 2.34. The predicted octanol–water partition coefficient (Wildman–Crippen LogP) is 1.84. The highest BCUT2D eigenvalue weighted by Gasteiger charge is 2.25. The topological polar surface area (TPSA) is 58.4 Å². The van der Waals surface area contributed by atoms with Crippen molar-refractivity contribution < 1.29 is 9.18 Å². The molecule has 1 amide bonds. The van der Waals surface area contributed by atoms with Gasteiger partial charge in [-0.15, -0.1) is 0 Å². The van der Waals surface area contributed by atoms with Crippen LogP contribution in [0.25, 0.3) is 0 Å². The van der Waals surface area contributed by atoms with E-state index in [0.717, 1.165) is 19.4 Å². The highest BCUT2D eigenvalue weighted by molar-refractivity contribution is 6.30. The van der Waals surface area contributed by atoms with Gasteiger partial charge in [-0.05, 0) is 37.6 Å². The second-order valence-electron chi connectivity index (χ2n) is 4.67. The SMILES string of the molecule is NCC1CCCN1CC(=O)Nc1ccc(Cl)cc1F. The number of nitrogens with two attached hydrogens (primary N) is 1.